The first-order valence-electron chi connectivity index (χ1n) is 6.25. The van der Waals surface area contributed by atoms with Crippen molar-refractivity contribution in [2.45, 2.75) is 23.2 Å². The molecule has 5 nitrogen and oxygen atoms in total. The van der Waals surface area contributed by atoms with Gasteiger partial charge in [-0.1, -0.05) is 53.2 Å². The summed E-state index contributed by atoms with van der Waals surface area (Å²) < 4.78 is 26.8. The summed E-state index contributed by atoms with van der Waals surface area (Å²) in [5.41, 5.74) is 1.02. The molecule has 0 aliphatic carbocycles. The monoisotopic (exact) mass is 357 g/mol. The van der Waals surface area contributed by atoms with Crippen molar-refractivity contribution in [3.05, 3.63) is 47.9 Å². The van der Waals surface area contributed by atoms with Gasteiger partial charge in [0.25, 0.3) is 10.0 Å². The highest BCUT2D eigenvalue weighted by molar-refractivity contribution is 9.09. The Labute approximate surface area is 127 Å². The Morgan fingerprint density at radius 2 is 2.05 bits per heavy atom. The second-order valence-electron chi connectivity index (χ2n) is 4.28. The summed E-state index contributed by atoms with van der Waals surface area (Å²) in [6.07, 6.45) is 2.01. The number of hydrogen-bond acceptors (Lipinski definition) is 3. The molecular formula is C13H16BrN3O2S. The van der Waals surface area contributed by atoms with Crippen molar-refractivity contribution in [2.75, 3.05) is 6.54 Å². The highest BCUT2D eigenvalue weighted by Gasteiger charge is 2.18. The molecule has 0 aliphatic rings. The van der Waals surface area contributed by atoms with Crippen LogP contribution in [-0.4, -0.2) is 24.9 Å². The van der Waals surface area contributed by atoms with Crippen LogP contribution in [-0.2, 0) is 16.4 Å². The maximum Gasteiger partial charge on any atom is 0.257 e. The summed E-state index contributed by atoms with van der Waals surface area (Å²) in [6.45, 7) is 2.18. The topological polar surface area (TPSA) is 74.8 Å². The van der Waals surface area contributed by atoms with Gasteiger partial charge in [0.05, 0.1) is 11.0 Å². The third-order valence-corrected chi connectivity index (χ3v) is 5.03. The van der Waals surface area contributed by atoms with Gasteiger partial charge in [0.2, 0.25) is 0 Å². The van der Waals surface area contributed by atoms with Gasteiger partial charge in [-0.15, -0.1) is 0 Å². The molecule has 2 rings (SSSR count). The van der Waals surface area contributed by atoms with E-state index in [1.807, 2.05) is 37.3 Å². The molecule has 0 saturated carbocycles. The number of alkyl halides is 1. The number of aryl methyl sites for hydroxylation is 1. The molecule has 1 atom stereocenters. The first-order valence-corrected chi connectivity index (χ1v) is 8.65. The van der Waals surface area contributed by atoms with Crippen molar-refractivity contribution >= 4 is 26.0 Å². The van der Waals surface area contributed by atoms with Crippen LogP contribution in [0.15, 0.2) is 41.6 Å². The number of H-pyrrole nitrogens is 1. The summed E-state index contributed by atoms with van der Waals surface area (Å²) in [5.74, 6) is 0.656. The van der Waals surface area contributed by atoms with E-state index in [4.69, 9.17) is 0 Å². The fraction of sp³-hybridized carbons (Fsp3) is 0.308. The van der Waals surface area contributed by atoms with Crippen LogP contribution in [0.5, 0.6) is 0 Å². The highest BCUT2D eigenvalue weighted by Crippen LogP contribution is 2.21. The molecule has 0 saturated heterocycles. The molecule has 2 aromatic rings. The number of rotatable bonds is 6. The smallest absolute Gasteiger partial charge is 0.257 e. The van der Waals surface area contributed by atoms with Crippen molar-refractivity contribution in [3.63, 3.8) is 0 Å². The third-order valence-electron chi connectivity index (χ3n) is 2.84. The van der Waals surface area contributed by atoms with Gasteiger partial charge in [0.15, 0.2) is 5.03 Å². The Kier molecular flexibility index (Phi) is 4.95. The minimum atomic E-state index is -3.55. The minimum Gasteiger partial charge on any atom is -0.332 e. The molecule has 1 heterocycles. The Balaban J connectivity index is 2.02. The Morgan fingerprint density at radius 3 is 2.65 bits per heavy atom. The van der Waals surface area contributed by atoms with Crippen LogP contribution in [0.4, 0.5) is 0 Å². The molecule has 2 N–H and O–H groups in total. The summed E-state index contributed by atoms with van der Waals surface area (Å²) in [7, 11) is -3.55. The number of aromatic amines is 1. The predicted octanol–water partition coefficient (Wildman–Crippen LogP) is 2.39. The Morgan fingerprint density at radius 1 is 1.35 bits per heavy atom. The quantitative estimate of drug-likeness (QED) is 0.779. The fourth-order valence-corrected chi connectivity index (χ4v) is 3.37. The van der Waals surface area contributed by atoms with E-state index in [0.29, 0.717) is 12.2 Å². The molecule has 108 valence electrons. The number of imidazole rings is 1. The molecule has 1 aromatic heterocycles. The number of nitrogens with zero attached hydrogens (tertiary/aromatic N) is 1. The molecule has 1 aromatic carbocycles. The van der Waals surface area contributed by atoms with E-state index in [-0.39, 0.29) is 16.4 Å². The van der Waals surface area contributed by atoms with E-state index in [0.717, 1.165) is 5.56 Å². The average molecular weight is 358 g/mol. The van der Waals surface area contributed by atoms with Crippen molar-refractivity contribution in [1.82, 2.24) is 14.7 Å². The van der Waals surface area contributed by atoms with Gasteiger partial charge in [-0.05, 0) is 5.56 Å². The van der Waals surface area contributed by atoms with Crippen LogP contribution in [0.2, 0.25) is 0 Å². The number of benzene rings is 1. The minimum absolute atomic E-state index is 0.0768. The summed E-state index contributed by atoms with van der Waals surface area (Å²) >= 11 is 3.48. The van der Waals surface area contributed by atoms with Gasteiger partial charge < -0.3 is 4.98 Å². The van der Waals surface area contributed by atoms with E-state index in [1.165, 1.54) is 6.20 Å². The van der Waals surface area contributed by atoms with Gasteiger partial charge in [-0.25, -0.2) is 18.1 Å². The summed E-state index contributed by atoms with van der Waals surface area (Å²) in [5, 5.41) is 0.0992. The maximum atomic E-state index is 12.1. The van der Waals surface area contributed by atoms with E-state index in [1.54, 1.807) is 0 Å². The van der Waals surface area contributed by atoms with Gasteiger partial charge in [-0.3, -0.25) is 0 Å². The SMILES string of the molecule is CCc1ncc(S(=O)(=O)NCC(Br)c2ccccc2)[nH]1. The van der Waals surface area contributed by atoms with E-state index < -0.39 is 10.0 Å². The van der Waals surface area contributed by atoms with Crippen molar-refractivity contribution in [2.24, 2.45) is 0 Å². The van der Waals surface area contributed by atoms with E-state index >= 15 is 0 Å². The number of hydrogen-bond donors (Lipinski definition) is 2. The van der Waals surface area contributed by atoms with E-state index in [2.05, 4.69) is 30.6 Å². The first-order chi connectivity index (χ1) is 9.53. The second-order valence-corrected chi connectivity index (χ2v) is 7.12. The number of nitrogens with one attached hydrogen (secondary N) is 2. The average Bonchev–Trinajstić information content (AvgIpc) is 2.95. The van der Waals surface area contributed by atoms with Crippen molar-refractivity contribution < 1.29 is 8.42 Å². The zero-order valence-electron chi connectivity index (χ0n) is 11.0. The van der Waals surface area contributed by atoms with Crippen LogP contribution >= 0.6 is 15.9 Å². The standard InChI is InChI=1S/C13H16BrN3O2S/c1-2-12-15-9-13(17-12)20(18,19)16-8-11(14)10-6-4-3-5-7-10/h3-7,9,11,16H,2,8H2,1H3,(H,15,17). The van der Waals surface area contributed by atoms with Crippen LogP contribution in [0.1, 0.15) is 23.1 Å². The lowest BCUT2D eigenvalue weighted by molar-refractivity contribution is 0.578. The second kappa shape index (κ2) is 6.51. The number of sulfonamides is 1. The maximum absolute atomic E-state index is 12.1. The van der Waals surface area contributed by atoms with Crippen molar-refractivity contribution in [1.29, 1.82) is 0 Å². The fourth-order valence-electron chi connectivity index (χ4n) is 1.70. The molecule has 7 heteroatoms. The van der Waals surface area contributed by atoms with Gasteiger partial charge >= 0.3 is 0 Å². The van der Waals surface area contributed by atoms with Crippen LogP contribution < -0.4 is 4.72 Å². The molecule has 20 heavy (non-hydrogen) atoms. The van der Waals surface area contributed by atoms with Crippen LogP contribution in [0.25, 0.3) is 0 Å². The van der Waals surface area contributed by atoms with Gasteiger partial charge in [0, 0.05) is 13.0 Å². The molecule has 0 fully saturated rings. The lowest BCUT2D eigenvalue weighted by Gasteiger charge is -2.11. The number of aromatic nitrogens is 2. The largest absolute Gasteiger partial charge is 0.332 e. The van der Waals surface area contributed by atoms with Gasteiger partial charge in [0.1, 0.15) is 5.82 Å². The lowest BCUT2D eigenvalue weighted by Crippen LogP contribution is -2.27. The summed E-state index contributed by atoms with van der Waals surface area (Å²) in [6, 6.07) is 9.64. The van der Waals surface area contributed by atoms with Gasteiger partial charge in [-0.2, -0.15) is 0 Å². The molecule has 0 radical (unpaired) electrons. The first kappa shape index (κ1) is 15.2. The third kappa shape index (κ3) is 3.68. The summed E-state index contributed by atoms with van der Waals surface area (Å²) in [4.78, 5) is 6.71. The molecule has 0 amide bonds. The normalized spacial score (nSPS) is 13.3. The molecular weight excluding hydrogens is 342 g/mol. The zero-order chi connectivity index (χ0) is 14.6. The Bertz CT molecular complexity index is 655. The molecule has 0 spiro atoms. The highest BCUT2D eigenvalue weighted by atomic mass is 79.9. The molecule has 0 bridgehead atoms. The van der Waals surface area contributed by atoms with E-state index in [9.17, 15) is 8.42 Å². The van der Waals surface area contributed by atoms with Crippen molar-refractivity contribution in [3.8, 4) is 0 Å². The molecule has 0 aliphatic heterocycles. The van der Waals surface area contributed by atoms with Crippen LogP contribution in [0, 0.1) is 0 Å². The van der Waals surface area contributed by atoms with Crippen LogP contribution in [0.3, 0.4) is 0 Å². The molecule has 1 unspecified atom stereocenters. The Hall–Kier alpha value is -1.18. The number of halogens is 1. The predicted molar refractivity (Wildman–Crippen MR) is 81.3 cm³/mol. The lowest BCUT2D eigenvalue weighted by atomic mass is 10.2. The zero-order valence-corrected chi connectivity index (χ0v) is 13.4.